The van der Waals surface area contributed by atoms with Gasteiger partial charge in [-0.1, -0.05) is 23.8 Å². The molecule has 0 saturated carbocycles. The molecular weight excluding hydrogens is 251 g/mol. The molecule has 0 aromatic heterocycles. The van der Waals surface area contributed by atoms with Gasteiger partial charge in [0.1, 0.15) is 11.9 Å². The minimum Gasteiger partial charge on any atom is -0.378 e. The first-order chi connectivity index (χ1) is 9.51. The van der Waals surface area contributed by atoms with Gasteiger partial charge in [-0.25, -0.2) is 4.39 Å². The predicted octanol–water partition coefficient (Wildman–Crippen LogP) is 4.49. The normalized spacial score (nSPS) is 11.8. The number of nitrogens with zero attached hydrogens (tertiary/aromatic N) is 1. The standard InChI is InChI=1S/C17H17FN2/c1-11-4-5-12(2)16(8-11)13(3)20-15-6-7-17(18)14(9-15)10-19/h4-9,13,20H,1-3H3. The number of nitrogens with one attached hydrogen (secondary N) is 1. The van der Waals surface area contributed by atoms with E-state index in [1.807, 2.05) is 6.07 Å². The Morgan fingerprint density at radius 3 is 2.60 bits per heavy atom. The second-order valence-corrected chi connectivity index (χ2v) is 5.03. The molecule has 0 heterocycles. The van der Waals surface area contributed by atoms with Crippen molar-refractivity contribution in [2.75, 3.05) is 5.32 Å². The van der Waals surface area contributed by atoms with Gasteiger partial charge in [0.2, 0.25) is 0 Å². The molecular formula is C17H17FN2. The number of anilines is 1. The molecule has 0 aliphatic heterocycles. The Labute approximate surface area is 118 Å². The molecule has 20 heavy (non-hydrogen) atoms. The van der Waals surface area contributed by atoms with Crippen LogP contribution in [0.3, 0.4) is 0 Å². The highest BCUT2D eigenvalue weighted by Crippen LogP contribution is 2.24. The average Bonchev–Trinajstić information content (AvgIpc) is 2.43. The summed E-state index contributed by atoms with van der Waals surface area (Å²) in [6.45, 7) is 6.18. The zero-order valence-electron chi connectivity index (χ0n) is 11.9. The molecule has 0 aliphatic carbocycles. The SMILES string of the molecule is Cc1ccc(C)c(C(C)Nc2ccc(F)c(C#N)c2)c1. The smallest absolute Gasteiger partial charge is 0.141 e. The van der Waals surface area contributed by atoms with Crippen LogP contribution in [0, 0.1) is 31.0 Å². The Kier molecular flexibility index (Phi) is 4.05. The van der Waals surface area contributed by atoms with Gasteiger partial charge in [0, 0.05) is 11.7 Å². The van der Waals surface area contributed by atoms with Crippen LogP contribution in [0.2, 0.25) is 0 Å². The van der Waals surface area contributed by atoms with Crippen LogP contribution in [0.15, 0.2) is 36.4 Å². The molecule has 3 heteroatoms. The lowest BCUT2D eigenvalue weighted by molar-refractivity contribution is 0.624. The molecule has 0 amide bonds. The summed E-state index contributed by atoms with van der Waals surface area (Å²) in [6.07, 6.45) is 0. The Morgan fingerprint density at radius 1 is 1.15 bits per heavy atom. The summed E-state index contributed by atoms with van der Waals surface area (Å²) in [5.41, 5.74) is 4.42. The molecule has 2 nitrogen and oxygen atoms in total. The van der Waals surface area contributed by atoms with Gasteiger partial charge in [-0.2, -0.15) is 5.26 Å². The maximum absolute atomic E-state index is 13.3. The lowest BCUT2D eigenvalue weighted by atomic mass is 9.99. The van der Waals surface area contributed by atoms with Crippen LogP contribution >= 0.6 is 0 Å². The molecule has 2 aromatic rings. The van der Waals surface area contributed by atoms with Gasteiger partial charge in [-0.05, 0) is 50.1 Å². The number of hydrogen-bond acceptors (Lipinski definition) is 2. The summed E-state index contributed by atoms with van der Waals surface area (Å²) < 4.78 is 13.3. The first-order valence-corrected chi connectivity index (χ1v) is 6.54. The summed E-state index contributed by atoms with van der Waals surface area (Å²) >= 11 is 0. The third-order valence-corrected chi connectivity index (χ3v) is 3.37. The first kappa shape index (κ1) is 14.1. The number of aryl methyl sites for hydroxylation is 2. The molecule has 0 fully saturated rings. The summed E-state index contributed by atoms with van der Waals surface area (Å²) in [5.74, 6) is -0.488. The second kappa shape index (κ2) is 5.75. The third kappa shape index (κ3) is 2.97. The van der Waals surface area contributed by atoms with Gasteiger partial charge in [0.15, 0.2) is 0 Å². The maximum atomic E-state index is 13.3. The van der Waals surface area contributed by atoms with Crippen LogP contribution in [-0.4, -0.2) is 0 Å². The van der Waals surface area contributed by atoms with Crippen LogP contribution < -0.4 is 5.32 Å². The van der Waals surface area contributed by atoms with Crippen LogP contribution in [0.1, 0.15) is 35.2 Å². The van der Waals surface area contributed by atoms with E-state index >= 15 is 0 Å². The van der Waals surface area contributed by atoms with E-state index in [-0.39, 0.29) is 11.6 Å². The van der Waals surface area contributed by atoms with Crippen molar-refractivity contribution in [1.29, 1.82) is 5.26 Å². The van der Waals surface area contributed by atoms with E-state index in [9.17, 15) is 4.39 Å². The quantitative estimate of drug-likeness (QED) is 0.890. The van der Waals surface area contributed by atoms with Gasteiger partial charge in [0.05, 0.1) is 5.56 Å². The van der Waals surface area contributed by atoms with E-state index < -0.39 is 5.82 Å². The van der Waals surface area contributed by atoms with Crippen LogP contribution in [0.4, 0.5) is 10.1 Å². The van der Waals surface area contributed by atoms with Crippen molar-refractivity contribution in [2.24, 2.45) is 0 Å². The molecule has 0 aliphatic rings. The van der Waals surface area contributed by atoms with Gasteiger partial charge in [-0.3, -0.25) is 0 Å². The van der Waals surface area contributed by atoms with E-state index in [4.69, 9.17) is 5.26 Å². The van der Waals surface area contributed by atoms with Crippen molar-refractivity contribution >= 4 is 5.69 Å². The van der Waals surface area contributed by atoms with E-state index in [2.05, 4.69) is 44.3 Å². The Morgan fingerprint density at radius 2 is 1.90 bits per heavy atom. The topological polar surface area (TPSA) is 35.8 Å². The van der Waals surface area contributed by atoms with Crippen LogP contribution in [0.25, 0.3) is 0 Å². The lowest BCUT2D eigenvalue weighted by Gasteiger charge is -2.18. The van der Waals surface area contributed by atoms with Gasteiger partial charge < -0.3 is 5.32 Å². The van der Waals surface area contributed by atoms with Gasteiger partial charge >= 0.3 is 0 Å². The average molecular weight is 268 g/mol. The van der Waals surface area contributed by atoms with Crippen molar-refractivity contribution in [3.63, 3.8) is 0 Å². The number of nitriles is 1. The fourth-order valence-electron chi connectivity index (χ4n) is 2.25. The molecule has 1 unspecified atom stereocenters. The van der Waals surface area contributed by atoms with Crippen molar-refractivity contribution in [1.82, 2.24) is 0 Å². The molecule has 2 aromatic carbocycles. The number of benzene rings is 2. The van der Waals surface area contributed by atoms with Crippen molar-refractivity contribution in [2.45, 2.75) is 26.8 Å². The monoisotopic (exact) mass is 268 g/mol. The fraction of sp³-hybridized carbons (Fsp3) is 0.235. The molecule has 0 spiro atoms. The van der Waals surface area contributed by atoms with E-state index in [0.29, 0.717) is 0 Å². The van der Waals surface area contributed by atoms with E-state index in [0.717, 1.165) is 5.69 Å². The molecule has 0 bridgehead atoms. The van der Waals surface area contributed by atoms with Crippen molar-refractivity contribution in [3.05, 3.63) is 64.5 Å². The van der Waals surface area contributed by atoms with Crippen LogP contribution in [-0.2, 0) is 0 Å². The summed E-state index contributed by atoms with van der Waals surface area (Å²) in [5, 5.41) is 12.2. The summed E-state index contributed by atoms with van der Waals surface area (Å²) in [7, 11) is 0. The third-order valence-electron chi connectivity index (χ3n) is 3.37. The molecule has 102 valence electrons. The largest absolute Gasteiger partial charge is 0.378 e. The highest BCUT2D eigenvalue weighted by molar-refractivity contribution is 5.51. The molecule has 1 atom stereocenters. The number of rotatable bonds is 3. The van der Waals surface area contributed by atoms with E-state index in [1.54, 1.807) is 6.07 Å². The number of hydrogen-bond donors (Lipinski definition) is 1. The van der Waals surface area contributed by atoms with Crippen molar-refractivity contribution < 1.29 is 4.39 Å². The Balaban J connectivity index is 2.26. The van der Waals surface area contributed by atoms with Gasteiger partial charge in [-0.15, -0.1) is 0 Å². The minimum absolute atomic E-state index is 0.0585. The fourth-order valence-corrected chi connectivity index (χ4v) is 2.25. The zero-order valence-corrected chi connectivity index (χ0v) is 11.9. The van der Waals surface area contributed by atoms with Gasteiger partial charge in [0.25, 0.3) is 0 Å². The highest BCUT2D eigenvalue weighted by Gasteiger charge is 2.10. The number of halogens is 1. The predicted molar refractivity (Wildman–Crippen MR) is 79.1 cm³/mol. The molecule has 0 saturated heterocycles. The summed E-state index contributed by atoms with van der Waals surface area (Å²) in [6, 6.07) is 12.8. The van der Waals surface area contributed by atoms with Crippen molar-refractivity contribution in [3.8, 4) is 6.07 Å². The molecule has 2 rings (SSSR count). The molecule has 0 radical (unpaired) electrons. The Bertz CT molecular complexity index is 671. The first-order valence-electron chi connectivity index (χ1n) is 6.54. The highest BCUT2D eigenvalue weighted by atomic mass is 19.1. The summed E-state index contributed by atoms with van der Waals surface area (Å²) in [4.78, 5) is 0. The molecule has 1 N–H and O–H groups in total. The van der Waals surface area contributed by atoms with Crippen LogP contribution in [0.5, 0.6) is 0 Å². The second-order valence-electron chi connectivity index (χ2n) is 5.03. The lowest BCUT2D eigenvalue weighted by Crippen LogP contribution is -2.08. The Hall–Kier alpha value is -2.34. The van der Waals surface area contributed by atoms with E-state index in [1.165, 1.54) is 28.8 Å². The zero-order chi connectivity index (χ0) is 14.7. The maximum Gasteiger partial charge on any atom is 0.141 e. The minimum atomic E-state index is -0.488.